The molecule has 3 rings (SSSR count). The molecule has 0 N–H and O–H groups in total. The molecule has 0 saturated carbocycles. The van der Waals surface area contributed by atoms with E-state index in [-0.39, 0.29) is 17.8 Å². The van der Waals surface area contributed by atoms with Crippen molar-refractivity contribution in [3.63, 3.8) is 0 Å². The minimum Gasteiger partial charge on any atom is -0.497 e. The van der Waals surface area contributed by atoms with Crippen molar-refractivity contribution >= 4 is 12.6 Å². The van der Waals surface area contributed by atoms with E-state index >= 15 is 4.39 Å². The molecule has 0 bridgehead atoms. The molecule has 26 heavy (non-hydrogen) atoms. The Morgan fingerprint density at radius 2 is 1.50 bits per heavy atom. The smallest absolute Gasteiger partial charge is 0.497 e. The zero-order chi connectivity index (χ0) is 18.9. The van der Waals surface area contributed by atoms with Crippen LogP contribution in [-0.2, 0) is 15.9 Å². The summed E-state index contributed by atoms with van der Waals surface area (Å²) in [6.07, 6.45) is 0. The van der Waals surface area contributed by atoms with Gasteiger partial charge in [-0.25, -0.2) is 4.39 Å². The highest BCUT2D eigenvalue weighted by Gasteiger charge is 2.53. The van der Waals surface area contributed by atoms with Gasteiger partial charge in [0.25, 0.3) is 0 Å². The quantitative estimate of drug-likeness (QED) is 0.764. The second-order valence-corrected chi connectivity index (χ2v) is 7.36. The Morgan fingerprint density at radius 1 is 0.923 bits per heavy atom. The van der Waals surface area contributed by atoms with Gasteiger partial charge in [0.15, 0.2) is 11.6 Å². The van der Waals surface area contributed by atoms with E-state index < -0.39 is 24.1 Å². The molecule has 0 spiro atoms. The molecule has 0 unspecified atom stereocenters. The lowest BCUT2D eigenvalue weighted by molar-refractivity contribution is 0.00578. The fraction of sp³-hybridized carbons (Fsp3) is 0.400. The summed E-state index contributed by atoms with van der Waals surface area (Å²) < 4.78 is 38.2. The highest BCUT2D eigenvalue weighted by atomic mass is 19.1. The highest BCUT2D eigenvalue weighted by Crippen LogP contribution is 2.38. The molecule has 2 aromatic carbocycles. The maximum absolute atomic E-state index is 15.2. The van der Waals surface area contributed by atoms with Gasteiger partial charge in [-0.1, -0.05) is 30.3 Å². The summed E-state index contributed by atoms with van der Waals surface area (Å²) in [6, 6.07) is 12.8. The molecule has 0 radical (unpaired) electrons. The first kappa shape index (κ1) is 18.7. The zero-order valence-corrected chi connectivity index (χ0v) is 15.8. The lowest BCUT2D eigenvalue weighted by Crippen LogP contribution is -2.41. The Bertz CT molecular complexity index is 761. The molecule has 1 heterocycles. The van der Waals surface area contributed by atoms with E-state index in [1.807, 2.05) is 58.0 Å². The molecule has 1 aliphatic rings. The molecular formula is C20H24BFO4. The van der Waals surface area contributed by atoms with Gasteiger partial charge in [0, 0.05) is 0 Å². The first-order valence-corrected chi connectivity index (χ1v) is 8.64. The molecule has 0 aromatic heterocycles. The molecule has 138 valence electrons. The van der Waals surface area contributed by atoms with Crippen molar-refractivity contribution in [1.29, 1.82) is 0 Å². The summed E-state index contributed by atoms with van der Waals surface area (Å²) in [5.74, 6) is -0.0220. The first-order chi connectivity index (χ1) is 12.2. The Hall–Kier alpha value is -2.05. The van der Waals surface area contributed by atoms with Gasteiger partial charge in [-0.3, -0.25) is 0 Å². The van der Waals surface area contributed by atoms with Crippen LogP contribution >= 0.6 is 0 Å². The predicted octanol–water partition coefficient (Wildman–Crippen LogP) is 3.71. The highest BCUT2D eigenvalue weighted by molar-refractivity contribution is 6.63. The third kappa shape index (κ3) is 3.44. The zero-order valence-electron chi connectivity index (χ0n) is 15.8. The fourth-order valence-electron chi connectivity index (χ4n) is 2.76. The molecule has 0 aliphatic carbocycles. The van der Waals surface area contributed by atoms with Crippen molar-refractivity contribution in [3.05, 3.63) is 53.8 Å². The predicted molar refractivity (Wildman–Crippen MR) is 99.4 cm³/mol. The normalized spacial score (nSPS) is 18.0. The Morgan fingerprint density at radius 3 is 2.08 bits per heavy atom. The molecule has 0 atom stereocenters. The van der Waals surface area contributed by atoms with Gasteiger partial charge in [-0.2, -0.15) is 0 Å². The Kier molecular flexibility index (Phi) is 4.99. The van der Waals surface area contributed by atoms with Crippen LogP contribution < -0.4 is 14.9 Å². The van der Waals surface area contributed by atoms with E-state index in [4.69, 9.17) is 18.8 Å². The SMILES string of the molecule is COc1ccc(OCc2ccccc2)c(F)c1B1OC(C)(C)C(C)(C)O1. The summed E-state index contributed by atoms with van der Waals surface area (Å²) in [4.78, 5) is 0. The second kappa shape index (κ2) is 6.93. The van der Waals surface area contributed by atoms with Gasteiger partial charge >= 0.3 is 7.12 Å². The van der Waals surface area contributed by atoms with Crippen molar-refractivity contribution < 1.29 is 23.2 Å². The van der Waals surface area contributed by atoms with Crippen LogP contribution in [0.15, 0.2) is 42.5 Å². The second-order valence-electron chi connectivity index (χ2n) is 7.36. The monoisotopic (exact) mass is 358 g/mol. The number of hydrogen-bond acceptors (Lipinski definition) is 4. The summed E-state index contributed by atoms with van der Waals surface area (Å²) >= 11 is 0. The van der Waals surface area contributed by atoms with Gasteiger partial charge in [-0.15, -0.1) is 0 Å². The minimum atomic E-state index is -0.866. The average Bonchev–Trinajstić information content (AvgIpc) is 2.81. The van der Waals surface area contributed by atoms with Gasteiger partial charge in [0.1, 0.15) is 12.4 Å². The van der Waals surface area contributed by atoms with E-state index in [0.29, 0.717) is 5.75 Å². The number of halogens is 1. The molecule has 1 aliphatic heterocycles. The third-order valence-electron chi connectivity index (χ3n) is 5.05. The van der Waals surface area contributed by atoms with Crippen LogP contribution in [0, 0.1) is 5.82 Å². The van der Waals surface area contributed by atoms with E-state index in [9.17, 15) is 0 Å². The van der Waals surface area contributed by atoms with Crippen molar-refractivity contribution in [3.8, 4) is 11.5 Å². The van der Waals surface area contributed by atoms with E-state index in [2.05, 4.69) is 0 Å². The molecule has 1 saturated heterocycles. The summed E-state index contributed by atoms with van der Waals surface area (Å²) in [5, 5.41) is 0. The van der Waals surface area contributed by atoms with Gasteiger partial charge in [0.2, 0.25) is 0 Å². The average molecular weight is 358 g/mol. The standard InChI is InChI=1S/C20H24BFO4/c1-19(2)20(3,4)26-21(25-19)17-15(23-5)11-12-16(18(17)22)24-13-14-9-7-6-8-10-14/h6-12H,13H2,1-5H3. The summed E-state index contributed by atoms with van der Waals surface area (Å²) in [7, 11) is 0.629. The molecule has 4 nitrogen and oxygen atoms in total. The van der Waals surface area contributed by atoms with Crippen LogP contribution in [0.1, 0.15) is 33.3 Å². The summed E-state index contributed by atoms with van der Waals surface area (Å²) in [6.45, 7) is 7.97. The maximum atomic E-state index is 15.2. The summed E-state index contributed by atoms with van der Waals surface area (Å²) in [5.41, 5.74) is 0.0306. The number of benzene rings is 2. The molecular weight excluding hydrogens is 334 g/mol. The van der Waals surface area contributed by atoms with Crippen LogP contribution in [0.25, 0.3) is 0 Å². The lowest BCUT2D eigenvalue weighted by Gasteiger charge is -2.32. The molecule has 6 heteroatoms. The lowest BCUT2D eigenvalue weighted by atomic mass is 9.77. The number of methoxy groups -OCH3 is 1. The molecule has 1 fully saturated rings. The number of rotatable bonds is 5. The topological polar surface area (TPSA) is 36.9 Å². The van der Waals surface area contributed by atoms with Crippen LogP contribution in [0.5, 0.6) is 11.5 Å². The van der Waals surface area contributed by atoms with Crippen molar-refractivity contribution in [2.24, 2.45) is 0 Å². The van der Waals surface area contributed by atoms with Gasteiger partial charge in [-0.05, 0) is 45.4 Å². The van der Waals surface area contributed by atoms with Crippen molar-refractivity contribution in [2.75, 3.05) is 7.11 Å². The molecule has 0 amide bonds. The Balaban J connectivity index is 1.90. The van der Waals surface area contributed by atoms with Crippen LogP contribution in [0.3, 0.4) is 0 Å². The Labute approximate surface area is 154 Å². The van der Waals surface area contributed by atoms with Crippen LogP contribution in [0.2, 0.25) is 0 Å². The van der Waals surface area contributed by atoms with E-state index in [1.54, 1.807) is 12.1 Å². The number of hydrogen-bond donors (Lipinski definition) is 0. The van der Waals surface area contributed by atoms with E-state index in [1.165, 1.54) is 7.11 Å². The first-order valence-electron chi connectivity index (χ1n) is 8.64. The van der Waals surface area contributed by atoms with Crippen LogP contribution in [-0.4, -0.2) is 25.4 Å². The van der Waals surface area contributed by atoms with Gasteiger partial charge < -0.3 is 18.8 Å². The third-order valence-corrected chi connectivity index (χ3v) is 5.05. The van der Waals surface area contributed by atoms with Crippen molar-refractivity contribution in [2.45, 2.75) is 45.5 Å². The maximum Gasteiger partial charge on any atom is 0.501 e. The largest absolute Gasteiger partial charge is 0.501 e. The fourth-order valence-corrected chi connectivity index (χ4v) is 2.76. The van der Waals surface area contributed by atoms with E-state index in [0.717, 1.165) is 5.56 Å². The van der Waals surface area contributed by atoms with Gasteiger partial charge in [0.05, 0.1) is 23.8 Å². The number of ether oxygens (including phenoxy) is 2. The van der Waals surface area contributed by atoms with Crippen molar-refractivity contribution in [1.82, 2.24) is 0 Å². The van der Waals surface area contributed by atoms with Crippen LogP contribution in [0.4, 0.5) is 4.39 Å². The molecule has 2 aromatic rings. The minimum absolute atomic E-state index is 0.138.